The largest absolute Gasteiger partial charge is 0.488 e. The molecule has 0 N–H and O–H groups in total. The SMILES string of the molecule is Fc1cc([C@@H]2C[C@H]2c2cnc(-c3ncccn3)nc2)cc(F)c1OCCCN1CCOCC1. The Morgan fingerprint density at radius 1 is 0.909 bits per heavy atom. The zero-order valence-electron chi connectivity index (χ0n) is 18.2. The van der Waals surface area contributed by atoms with Crippen LogP contribution in [0.3, 0.4) is 0 Å². The smallest absolute Gasteiger partial charge is 0.197 e. The average molecular weight is 453 g/mol. The van der Waals surface area contributed by atoms with Crippen LogP contribution in [0.1, 0.15) is 35.8 Å². The molecule has 1 aliphatic heterocycles. The van der Waals surface area contributed by atoms with Crippen molar-refractivity contribution in [3.8, 4) is 17.4 Å². The van der Waals surface area contributed by atoms with Gasteiger partial charge in [0, 0.05) is 44.4 Å². The number of aromatic nitrogens is 4. The van der Waals surface area contributed by atoms with Gasteiger partial charge in [-0.1, -0.05) is 0 Å². The molecule has 0 bridgehead atoms. The van der Waals surface area contributed by atoms with Crippen LogP contribution in [0.4, 0.5) is 8.78 Å². The summed E-state index contributed by atoms with van der Waals surface area (Å²) in [5, 5.41) is 0. The minimum atomic E-state index is -0.658. The topological polar surface area (TPSA) is 73.3 Å². The fourth-order valence-corrected chi connectivity index (χ4v) is 4.21. The van der Waals surface area contributed by atoms with E-state index in [9.17, 15) is 8.78 Å². The lowest BCUT2D eigenvalue weighted by molar-refractivity contribution is 0.0356. The number of ether oxygens (including phenoxy) is 2. The van der Waals surface area contributed by atoms with Crippen molar-refractivity contribution in [1.82, 2.24) is 24.8 Å². The highest BCUT2D eigenvalue weighted by atomic mass is 19.1. The lowest BCUT2D eigenvalue weighted by Crippen LogP contribution is -2.37. The molecular weight excluding hydrogens is 428 g/mol. The maximum absolute atomic E-state index is 14.6. The predicted octanol–water partition coefficient (Wildman–Crippen LogP) is 3.58. The Labute approximate surface area is 190 Å². The Hall–Kier alpha value is -3.04. The molecule has 0 unspecified atom stereocenters. The van der Waals surface area contributed by atoms with Crippen LogP contribution in [0.15, 0.2) is 43.0 Å². The molecule has 3 heterocycles. The first kappa shape index (κ1) is 21.8. The highest BCUT2D eigenvalue weighted by Crippen LogP contribution is 2.55. The Balaban J connectivity index is 1.17. The van der Waals surface area contributed by atoms with Crippen LogP contribution in [0, 0.1) is 11.6 Å². The third-order valence-electron chi connectivity index (χ3n) is 6.07. The molecule has 5 rings (SSSR count). The second-order valence-corrected chi connectivity index (χ2v) is 8.33. The van der Waals surface area contributed by atoms with Gasteiger partial charge in [-0.3, -0.25) is 4.90 Å². The van der Waals surface area contributed by atoms with Crippen molar-refractivity contribution in [1.29, 1.82) is 0 Å². The van der Waals surface area contributed by atoms with Gasteiger partial charge in [0.1, 0.15) is 0 Å². The number of rotatable bonds is 8. The van der Waals surface area contributed by atoms with E-state index < -0.39 is 11.6 Å². The monoisotopic (exact) mass is 453 g/mol. The van der Waals surface area contributed by atoms with E-state index in [-0.39, 0.29) is 24.2 Å². The lowest BCUT2D eigenvalue weighted by Gasteiger charge is -2.26. The summed E-state index contributed by atoms with van der Waals surface area (Å²) in [6, 6.07) is 4.50. The number of halogens is 2. The summed E-state index contributed by atoms with van der Waals surface area (Å²) < 4.78 is 40.0. The molecule has 2 atom stereocenters. The minimum Gasteiger partial charge on any atom is -0.488 e. The van der Waals surface area contributed by atoms with E-state index in [0.717, 1.165) is 44.8 Å². The molecule has 2 aromatic heterocycles. The third kappa shape index (κ3) is 5.15. The fourth-order valence-electron chi connectivity index (χ4n) is 4.21. The van der Waals surface area contributed by atoms with Gasteiger partial charge >= 0.3 is 0 Å². The van der Waals surface area contributed by atoms with Crippen molar-refractivity contribution in [2.45, 2.75) is 24.7 Å². The highest BCUT2D eigenvalue weighted by molar-refractivity contribution is 5.43. The molecule has 2 fully saturated rings. The summed E-state index contributed by atoms with van der Waals surface area (Å²) in [6.45, 7) is 4.32. The van der Waals surface area contributed by atoms with Crippen molar-refractivity contribution in [2.75, 3.05) is 39.5 Å². The summed E-state index contributed by atoms with van der Waals surface area (Å²) in [5.74, 6) is -0.537. The van der Waals surface area contributed by atoms with Crippen LogP contribution in [0.2, 0.25) is 0 Å². The molecule has 2 aliphatic rings. The maximum Gasteiger partial charge on any atom is 0.197 e. The van der Waals surface area contributed by atoms with Crippen LogP contribution in [0.5, 0.6) is 5.75 Å². The molecule has 1 aliphatic carbocycles. The van der Waals surface area contributed by atoms with Crippen molar-refractivity contribution < 1.29 is 18.3 Å². The number of hydrogen-bond donors (Lipinski definition) is 0. The lowest BCUT2D eigenvalue weighted by atomic mass is 10.1. The van der Waals surface area contributed by atoms with Crippen LogP contribution < -0.4 is 4.74 Å². The van der Waals surface area contributed by atoms with E-state index >= 15 is 0 Å². The number of hydrogen-bond acceptors (Lipinski definition) is 7. The summed E-state index contributed by atoms with van der Waals surface area (Å²) in [4.78, 5) is 19.2. The van der Waals surface area contributed by atoms with Gasteiger partial charge in [-0.2, -0.15) is 0 Å². The predicted molar refractivity (Wildman–Crippen MR) is 117 cm³/mol. The zero-order valence-corrected chi connectivity index (χ0v) is 18.2. The quantitative estimate of drug-likeness (QED) is 0.483. The standard InChI is InChI=1S/C24H25F2N5O2/c25-20-11-16(12-21(26)22(20)33-8-2-5-31-6-9-32-10-7-31)18-13-19(18)17-14-29-24(30-15-17)23-27-3-1-4-28-23/h1,3-4,11-12,14-15,18-19H,2,5-10,13H2/t18-,19-/m0/s1. The first-order chi connectivity index (χ1) is 16.2. The molecule has 0 spiro atoms. The van der Waals surface area contributed by atoms with Gasteiger partial charge < -0.3 is 9.47 Å². The van der Waals surface area contributed by atoms with E-state index in [0.29, 0.717) is 23.6 Å². The van der Waals surface area contributed by atoms with E-state index in [1.54, 1.807) is 30.9 Å². The second kappa shape index (κ2) is 9.84. The van der Waals surface area contributed by atoms with Crippen LogP contribution in [-0.4, -0.2) is 64.3 Å². The van der Waals surface area contributed by atoms with Gasteiger partial charge in [0.05, 0.1) is 19.8 Å². The highest BCUT2D eigenvalue weighted by Gasteiger charge is 2.41. The van der Waals surface area contributed by atoms with Gasteiger partial charge in [0.25, 0.3) is 0 Å². The van der Waals surface area contributed by atoms with E-state index in [1.165, 1.54) is 12.1 Å². The molecule has 7 nitrogen and oxygen atoms in total. The van der Waals surface area contributed by atoms with Crippen molar-refractivity contribution >= 4 is 0 Å². The van der Waals surface area contributed by atoms with Gasteiger partial charge in [0.15, 0.2) is 29.0 Å². The van der Waals surface area contributed by atoms with Crippen LogP contribution in [-0.2, 0) is 4.74 Å². The molecule has 0 amide bonds. The van der Waals surface area contributed by atoms with Gasteiger partial charge in [0.2, 0.25) is 0 Å². The minimum absolute atomic E-state index is 0.0341. The van der Waals surface area contributed by atoms with Gasteiger partial charge in [-0.25, -0.2) is 28.7 Å². The Kier molecular flexibility index (Phi) is 6.50. The van der Waals surface area contributed by atoms with Crippen molar-refractivity contribution in [3.05, 3.63) is 65.7 Å². The molecule has 33 heavy (non-hydrogen) atoms. The summed E-state index contributed by atoms with van der Waals surface area (Å²) in [6.07, 6.45) is 8.25. The van der Waals surface area contributed by atoms with Crippen molar-refractivity contribution in [2.24, 2.45) is 0 Å². The Morgan fingerprint density at radius 2 is 1.55 bits per heavy atom. The van der Waals surface area contributed by atoms with Gasteiger partial charge in [-0.05, 0) is 54.0 Å². The number of morpholine rings is 1. The first-order valence-electron chi connectivity index (χ1n) is 11.2. The molecule has 1 saturated carbocycles. The maximum atomic E-state index is 14.6. The van der Waals surface area contributed by atoms with Crippen LogP contribution in [0.25, 0.3) is 11.6 Å². The molecular formula is C24H25F2N5O2. The zero-order chi connectivity index (χ0) is 22.6. The summed E-state index contributed by atoms with van der Waals surface area (Å²) >= 11 is 0. The first-order valence-corrected chi connectivity index (χ1v) is 11.2. The summed E-state index contributed by atoms with van der Waals surface area (Å²) in [5.41, 5.74) is 1.56. The molecule has 1 aromatic carbocycles. The molecule has 0 radical (unpaired) electrons. The van der Waals surface area contributed by atoms with Gasteiger partial charge in [-0.15, -0.1) is 0 Å². The average Bonchev–Trinajstić information content (AvgIpc) is 3.65. The third-order valence-corrected chi connectivity index (χ3v) is 6.07. The normalized spacial score (nSPS) is 20.5. The molecule has 1 saturated heterocycles. The summed E-state index contributed by atoms with van der Waals surface area (Å²) in [7, 11) is 0. The van der Waals surface area contributed by atoms with Crippen molar-refractivity contribution in [3.63, 3.8) is 0 Å². The van der Waals surface area contributed by atoms with E-state index in [4.69, 9.17) is 9.47 Å². The Bertz CT molecular complexity index is 1050. The fraction of sp³-hybridized carbons (Fsp3) is 0.417. The number of benzene rings is 1. The van der Waals surface area contributed by atoms with E-state index in [2.05, 4.69) is 24.8 Å². The van der Waals surface area contributed by atoms with Crippen LogP contribution >= 0.6 is 0 Å². The Morgan fingerprint density at radius 3 is 2.24 bits per heavy atom. The second-order valence-electron chi connectivity index (χ2n) is 8.33. The number of nitrogens with zero attached hydrogens (tertiary/aromatic N) is 5. The molecule has 172 valence electrons. The molecule has 9 heteroatoms. The van der Waals surface area contributed by atoms with E-state index in [1.807, 2.05) is 0 Å². The molecule has 3 aromatic rings.